The highest BCUT2D eigenvalue weighted by Gasteiger charge is 1.98. The molecule has 0 spiro atoms. The van der Waals surface area contributed by atoms with Crippen molar-refractivity contribution in [1.29, 1.82) is 0 Å². The number of carboxylic acids is 1. The van der Waals surface area contributed by atoms with E-state index in [0.29, 0.717) is 0 Å². The Morgan fingerprint density at radius 1 is 1.18 bits per heavy atom. The van der Waals surface area contributed by atoms with E-state index < -0.39 is 5.97 Å². The fraction of sp³-hybridized carbons (Fsp3) is 0.571. The van der Waals surface area contributed by atoms with Crippen LogP contribution in [0.2, 0.25) is 0 Å². The molecule has 0 heterocycles. The van der Waals surface area contributed by atoms with Crippen LogP contribution in [0.4, 0.5) is 0 Å². The Labute approximate surface area is 104 Å². The predicted octanol–water partition coefficient (Wildman–Crippen LogP) is 3.61. The first-order valence-corrected chi connectivity index (χ1v) is 6.01. The Balaban J connectivity index is 0. The van der Waals surface area contributed by atoms with Crippen LogP contribution in [0.3, 0.4) is 0 Å². The number of hydrogen-bond donors (Lipinski definition) is 1. The second-order valence-corrected chi connectivity index (χ2v) is 4.01. The smallest absolute Gasteiger partial charge is 0.303 e. The number of allylic oxidation sites excluding steroid dienone is 4. The Morgan fingerprint density at radius 2 is 1.76 bits per heavy atom. The molecule has 0 aromatic carbocycles. The molecule has 0 fully saturated rings. The van der Waals surface area contributed by atoms with Crippen molar-refractivity contribution in [2.24, 2.45) is 5.92 Å². The summed E-state index contributed by atoms with van der Waals surface area (Å²) in [5, 5.41) is 8.08. The fourth-order valence-corrected chi connectivity index (χ4v) is 0.978. The Bertz CT molecular complexity index is 240. The van der Waals surface area contributed by atoms with Gasteiger partial charge in [0.1, 0.15) is 6.29 Å². The summed E-state index contributed by atoms with van der Waals surface area (Å²) in [5.74, 6) is -0.438. The molecule has 0 rings (SSSR count). The van der Waals surface area contributed by atoms with Gasteiger partial charge in [0.2, 0.25) is 0 Å². The maximum Gasteiger partial charge on any atom is 0.303 e. The van der Waals surface area contributed by atoms with Crippen LogP contribution in [0.1, 0.15) is 46.5 Å². The molecule has 0 aliphatic heterocycles. The molecule has 0 aliphatic carbocycles. The lowest BCUT2D eigenvalue weighted by molar-refractivity contribution is -0.137. The molecule has 98 valence electrons. The highest BCUT2D eigenvalue weighted by Crippen LogP contribution is 1.96. The summed E-state index contributed by atoms with van der Waals surface area (Å²) in [5.41, 5.74) is 0. The van der Waals surface area contributed by atoms with Crippen LogP contribution in [0.25, 0.3) is 0 Å². The van der Waals surface area contributed by atoms with Crippen LogP contribution in [-0.2, 0) is 9.59 Å². The van der Waals surface area contributed by atoms with Crippen LogP contribution in [0, 0.1) is 5.92 Å². The van der Waals surface area contributed by atoms with Gasteiger partial charge >= 0.3 is 5.97 Å². The van der Waals surface area contributed by atoms with Gasteiger partial charge in [0.15, 0.2) is 0 Å². The van der Waals surface area contributed by atoms with Crippen molar-refractivity contribution in [1.82, 2.24) is 0 Å². The number of aldehydes is 1. The van der Waals surface area contributed by atoms with Gasteiger partial charge in [-0.3, -0.25) is 9.59 Å². The molecule has 0 amide bonds. The van der Waals surface area contributed by atoms with E-state index in [0.717, 1.165) is 25.5 Å². The average molecular weight is 240 g/mol. The zero-order valence-corrected chi connectivity index (χ0v) is 11.1. The quantitative estimate of drug-likeness (QED) is 0.320. The monoisotopic (exact) mass is 240 g/mol. The summed E-state index contributed by atoms with van der Waals surface area (Å²) < 4.78 is 0. The SMILES string of the molecule is CC(C)CC(=O)O.CCC=CCCC=CC=O. The minimum atomic E-state index is -0.713. The molecule has 0 unspecified atom stereocenters. The highest BCUT2D eigenvalue weighted by atomic mass is 16.4. The van der Waals surface area contributed by atoms with Gasteiger partial charge in [-0.1, -0.05) is 39.0 Å². The zero-order chi connectivity index (χ0) is 13.5. The van der Waals surface area contributed by atoms with E-state index in [4.69, 9.17) is 5.11 Å². The molecule has 0 bridgehead atoms. The van der Waals surface area contributed by atoms with Crippen molar-refractivity contribution < 1.29 is 14.7 Å². The molecule has 3 heteroatoms. The molecule has 0 atom stereocenters. The Kier molecular flexibility index (Phi) is 15.5. The molecule has 0 radical (unpaired) electrons. The van der Waals surface area contributed by atoms with E-state index in [1.54, 1.807) is 6.08 Å². The summed E-state index contributed by atoms with van der Waals surface area (Å²) >= 11 is 0. The first kappa shape index (κ1) is 18.0. The second-order valence-electron chi connectivity index (χ2n) is 4.01. The molecule has 0 saturated heterocycles. The third-order valence-electron chi connectivity index (χ3n) is 1.70. The van der Waals surface area contributed by atoms with Crippen LogP contribution >= 0.6 is 0 Å². The first-order valence-electron chi connectivity index (χ1n) is 6.01. The van der Waals surface area contributed by atoms with Crippen molar-refractivity contribution in [3.05, 3.63) is 24.3 Å². The average Bonchev–Trinajstić information content (AvgIpc) is 2.22. The molecule has 0 aromatic heterocycles. The molecule has 0 aliphatic rings. The molecule has 0 saturated carbocycles. The number of carboxylic acid groups (broad SMARTS) is 1. The van der Waals surface area contributed by atoms with Crippen molar-refractivity contribution in [2.45, 2.75) is 46.5 Å². The summed E-state index contributed by atoms with van der Waals surface area (Å²) in [6.45, 7) is 5.88. The number of carbonyl (C=O) groups excluding carboxylic acids is 1. The summed E-state index contributed by atoms with van der Waals surface area (Å²) in [4.78, 5) is 19.6. The fourth-order valence-electron chi connectivity index (χ4n) is 0.978. The van der Waals surface area contributed by atoms with Crippen LogP contribution in [-0.4, -0.2) is 17.4 Å². The topological polar surface area (TPSA) is 54.4 Å². The number of hydrogen-bond acceptors (Lipinski definition) is 2. The van der Waals surface area contributed by atoms with Crippen molar-refractivity contribution in [3.8, 4) is 0 Å². The van der Waals surface area contributed by atoms with Gasteiger partial charge in [0.25, 0.3) is 0 Å². The van der Waals surface area contributed by atoms with Crippen LogP contribution in [0.5, 0.6) is 0 Å². The van der Waals surface area contributed by atoms with E-state index in [9.17, 15) is 9.59 Å². The third-order valence-corrected chi connectivity index (χ3v) is 1.70. The minimum absolute atomic E-state index is 0.275. The number of unbranched alkanes of at least 4 members (excludes halogenated alkanes) is 1. The third kappa shape index (κ3) is 25.2. The lowest BCUT2D eigenvalue weighted by Crippen LogP contribution is -1.99. The summed E-state index contributed by atoms with van der Waals surface area (Å²) in [6, 6.07) is 0. The van der Waals surface area contributed by atoms with Gasteiger partial charge in [-0.15, -0.1) is 0 Å². The highest BCUT2D eigenvalue weighted by molar-refractivity contribution is 5.66. The predicted molar refractivity (Wildman–Crippen MR) is 71.0 cm³/mol. The Morgan fingerprint density at radius 3 is 2.12 bits per heavy atom. The largest absolute Gasteiger partial charge is 0.481 e. The molecule has 17 heavy (non-hydrogen) atoms. The Hall–Kier alpha value is -1.38. The number of aliphatic carboxylic acids is 1. The van der Waals surface area contributed by atoms with Gasteiger partial charge < -0.3 is 5.11 Å². The van der Waals surface area contributed by atoms with Crippen molar-refractivity contribution in [2.75, 3.05) is 0 Å². The molecule has 1 N–H and O–H groups in total. The second kappa shape index (κ2) is 14.6. The van der Waals surface area contributed by atoms with Crippen LogP contribution in [0.15, 0.2) is 24.3 Å². The summed E-state index contributed by atoms with van der Waals surface area (Å²) in [7, 11) is 0. The van der Waals surface area contributed by atoms with Gasteiger partial charge in [-0.2, -0.15) is 0 Å². The lowest BCUT2D eigenvalue weighted by Gasteiger charge is -1.94. The van der Waals surface area contributed by atoms with E-state index in [-0.39, 0.29) is 12.3 Å². The van der Waals surface area contributed by atoms with Crippen molar-refractivity contribution >= 4 is 12.3 Å². The normalized spacial score (nSPS) is 10.6. The van der Waals surface area contributed by atoms with E-state index in [1.165, 1.54) is 0 Å². The summed E-state index contributed by atoms with van der Waals surface area (Å²) in [6.07, 6.45) is 11.9. The van der Waals surface area contributed by atoms with Crippen molar-refractivity contribution in [3.63, 3.8) is 0 Å². The zero-order valence-electron chi connectivity index (χ0n) is 11.1. The standard InChI is InChI=1S/C9H14O.C5H10O2/c1-2-3-4-5-6-7-8-9-10;1-4(2)3-5(6)7/h3-4,7-9H,2,5-6H2,1H3;4H,3H2,1-2H3,(H,6,7). The maximum absolute atomic E-state index is 9.81. The maximum atomic E-state index is 9.81. The minimum Gasteiger partial charge on any atom is -0.481 e. The van der Waals surface area contributed by atoms with Gasteiger partial charge in [0, 0.05) is 6.42 Å². The number of rotatable bonds is 7. The molecular formula is C14H24O3. The van der Waals surface area contributed by atoms with E-state index in [1.807, 2.05) is 19.9 Å². The van der Waals surface area contributed by atoms with Gasteiger partial charge in [-0.05, 0) is 31.3 Å². The number of carbonyl (C=O) groups is 2. The molecule has 0 aromatic rings. The lowest BCUT2D eigenvalue weighted by atomic mass is 10.1. The van der Waals surface area contributed by atoms with E-state index >= 15 is 0 Å². The molecular weight excluding hydrogens is 216 g/mol. The van der Waals surface area contributed by atoms with Gasteiger partial charge in [-0.25, -0.2) is 0 Å². The van der Waals surface area contributed by atoms with Crippen LogP contribution < -0.4 is 0 Å². The van der Waals surface area contributed by atoms with E-state index in [2.05, 4.69) is 19.1 Å². The first-order chi connectivity index (χ1) is 8.04. The van der Waals surface area contributed by atoms with Gasteiger partial charge in [0.05, 0.1) is 0 Å². The molecule has 3 nitrogen and oxygen atoms in total.